The van der Waals surface area contributed by atoms with Gasteiger partial charge in [-0.2, -0.15) is 16.1 Å². The number of thiophene rings is 1. The van der Waals surface area contributed by atoms with Crippen molar-refractivity contribution >= 4 is 17.2 Å². The fourth-order valence-corrected chi connectivity index (χ4v) is 1.90. The summed E-state index contributed by atoms with van der Waals surface area (Å²) in [5.74, 6) is 0.241. The SMILES string of the molecule is CC(O)CNC(=O)Cn1nnc(-c2ccsc2)n1. The predicted octanol–water partition coefficient (Wildman–Crippen LogP) is -0.101. The molecule has 0 saturated carbocycles. The van der Waals surface area contributed by atoms with E-state index < -0.39 is 6.10 Å². The molecule has 2 rings (SSSR count). The molecule has 18 heavy (non-hydrogen) atoms. The average Bonchev–Trinajstić information content (AvgIpc) is 2.95. The number of aliphatic hydroxyl groups excluding tert-OH is 1. The van der Waals surface area contributed by atoms with Gasteiger partial charge in [0, 0.05) is 17.5 Å². The first-order chi connectivity index (χ1) is 8.65. The summed E-state index contributed by atoms with van der Waals surface area (Å²) >= 11 is 1.54. The first kappa shape index (κ1) is 12.7. The number of aliphatic hydroxyl groups is 1. The van der Waals surface area contributed by atoms with Crippen molar-refractivity contribution in [2.45, 2.75) is 19.6 Å². The van der Waals surface area contributed by atoms with E-state index in [1.165, 1.54) is 4.80 Å². The number of rotatable bonds is 5. The van der Waals surface area contributed by atoms with Crippen molar-refractivity contribution in [1.29, 1.82) is 0 Å². The third-order valence-electron chi connectivity index (χ3n) is 2.11. The number of tetrazole rings is 1. The molecular weight excluding hydrogens is 254 g/mol. The molecule has 0 fully saturated rings. The lowest BCUT2D eigenvalue weighted by Crippen LogP contribution is -2.33. The minimum Gasteiger partial charge on any atom is -0.392 e. The molecule has 8 heteroatoms. The lowest BCUT2D eigenvalue weighted by atomic mass is 10.3. The summed E-state index contributed by atoms with van der Waals surface area (Å²) in [6.45, 7) is 1.80. The molecule has 0 spiro atoms. The van der Waals surface area contributed by atoms with Crippen molar-refractivity contribution in [1.82, 2.24) is 25.5 Å². The molecule has 2 aromatic heterocycles. The molecule has 2 heterocycles. The zero-order valence-corrected chi connectivity index (χ0v) is 10.6. The Labute approximate surface area is 107 Å². The normalized spacial score (nSPS) is 12.3. The fraction of sp³-hybridized carbons (Fsp3) is 0.400. The summed E-state index contributed by atoms with van der Waals surface area (Å²) in [5.41, 5.74) is 0.885. The van der Waals surface area contributed by atoms with Gasteiger partial charge in [-0.25, -0.2) is 0 Å². The van der Waals surface area contributed by atoms with E-state index in [0.717, 1.165) is 5.56 Å². The van der Waals surface area contributed by atoms with Gasteiger partial charge in [0.15, 0.2) is 0 Å². The van der Waals surface area contributed by atoms with Gasteiger partial charge in [-0.3, -0.25) is 4.79 Å². The first-order valence-electron chi connectivity index (χ1n) is 5.40. The van der Waals surface area contributed by atoms with Crippen LogP contribution in [0.25, 0.3) is 11.4 Å². The highest BCUT2D eigenvalue weighted by atomic mass is 32.1. The molecule has 0 bridgehead atoms. The maximum atomic E-state index is 11.5. The molecule has 1 unspecified atom stereocenters. The van der Waals surface area contributed by atoms with E-state index >= 15 is 0 Å². The van der Waals surface area contributed by atoms with Crippen LogP contribution in [0.15, 0.2) is 16.8 Å². The Kier molecular flexibility index (Phi) is 4.00. The van der Waals surface area contributed by atoms with Gasteiger partial charge in [0.2, 0.25) is 11.7 Å². The van der Waals surface area contributed by atoms with E-state index in [1.54, 1.807) is 18.3 Å². The van der Waals surface area contributed by atoms with Gasteiger partial charge in [0.25, 0.3) is 0 Å². The Morgan fingerprint density at radius 1 is 1.67 bits per heavy atom. The molecule has 0 aliphatic heterocycles. The number of amides is 1. The highest BCUT2D eigenvalue weighted by Crippen LogP contribution is 2.16. The summed E-state index contributed by atoms with van der Waals surface area (Å²) in [5, 5.41) is 27.2. The summed E-state index contributed by atoms with van der Waals surface area (Å²) in [4.78, 5) is 12.7. The summed E-state index contributed by atoms with van der Waals surface area (Å²) in [6, 6.07) is 1.89. The van der Waals surface area contributed by atoms with Crippen LogP contribution in [0.2, 0.25) is 0 Å². The smallest absolute Gasteiger partial charge is 0.243 e. The van der Waals surface area contributed by atoms with E-state index in [2.05, 4.69) is 20.7 Å². The monoisotopic (exact) mass is 267 g/mol. The Morgan fingerprint density at radius 2 is 2.50 bits per heavy atom. The van der Waals surface area contributed by atoms with Crippen molar-refractivity contribution in [3.63, 3.8) is 0 Å². The Bertz CT molecular complexity index is 508. The number of aromatic nitrogens is 4. The largest absolute Gasteiger partial charge is 0.392 e. The number of hydrogen-bond donors (Lipinski definition) is 2. The van der Waals surface area contributed by atoms with Gasteiger partial charge < -0.3 is 10.4 Å². The number of nitrogens with zero attached hydrogens (tertiary/aromatic N) is 4. The second-order valence-electron chi connectivity index (χ2n) is 3.81. The maximum absolute atomic E-state index is 11.5. The minimum atomic E-state index is -0.570. The molecule has 2 N–H and O–H groups in total. The molecule has 1 amide bonds. The van der Waals surface area contributed by atoms with Crippen molar-refractivity contribution in [2.75, 3.05) is 6.54 Å². The number of carbonyl (C=O) groups excluding carboxylic acids is 1. The third kappa shape index (κ3) is 3.34. The van der Waals surface area contributed by atoms with E-state index in [9.17, 15) is 4.79 Å². The van der Waals surface area contributed by atoms with Crippen LogP contribution in [0, 0.1) is 0 Å². The van der Waals surface area contributed by atoms with Crippen LogP contribution in [-0.2, 0) is 11.3 Å². The molecular formula is C10H13N5O2S. The van der Waals surface area contributed by atoms with Gasteiger partial charge in [0.1, 0.15) is 6.54 Å². The van der Waals surface area contributed by atoms with Crippen LogP contribution < -0.4 is 5.32 Å². The highest BCUT2D eigenvalue weighted by molar-refractivity contribution is 7.08. The zero-order valence-electron chi connectivity index (χ0n) is 9.78. The lowest BCUT2D eigenvalue weighted by Gasteiger charge is -2.05. The molecule has 1 atom stereocenters. The van der Waals surface area contributed by atoms with Gasteiger partial charge in [-0.05, 0) is 23.6 Å². The molecule has 0 aliphatic carbocycles. The maximum Gasteiger partial charge on any atom is 0.243 e. The fourth-order valence-electron chi connectivity index (χ4n) is 1.26. The van der Waals surface area contributed by atoms with E-state index in [-0.39, 0.29) is 19.0 Å². The van der Waals surface area contributed by atoms with Crippen LogP contribution in [0.5, 0.6) is 0 Å². The summed E-state index contributed by atoms with van der Waals surface area (Å²) in [7, 11) is 0. The van der Waals surface area contributed by atoms with Crippen molar-refractivity contribution < 1.29 is 9.90 Å². The zero-order chi connectivity index (χ0) is 13.0. The second-order valence-corrected chi connectivity index (χ2v) is 4.59. The van der Waals surface area contributed by atoms with Gasteiger partial charge >= 0.3 is 0 Å². The number of hydrogen-bond acceptors (Lipinski definition) is 6. The molecule has 0 aliphatic rings. The first-order valence-corrected chi connectivity index (χ1v) is 6.34. The highest BCUT2D eigenvalue weighted by Gasteiger charge is 2.09. The van der Waals surface area contributed by atoms with Crippen LogP contribution in [-0.4, -0.2) is 43.9 Å². The minimum absolute atomic E-state index is 0.0101. The van der Waals surface area contributed by atoms with Crippen molar-refractivity contribution in [3.8, 4) is 11.4 Å². The summed E-state index contributed by atoms with van der Waals surface area (Å²) in [6.07, 6.45) is -0.570. The van der Waals surface area contributed by atoms with Gasteiger partial charge in [-0.15, -0.1) is 10.2 Å². The van der Waals surface area contributed by atoms with Crippen LogP contribution >= 0.6 is 11.3 Å². The van der Waals surface area contributed by atoms with Gasteiger partial charge in [0.05, 0.1) is 6.10 Å². The van der Waals surface area contributed by atoms with E-state index in [4.69, 9.17) is 5.11 Å². The van der Waals surface area contributed by atoms with Crippen LogP contribution in [0.1, 0.15) is 6.92 Å². The molecule has 2 aromatic rings. The van der Waals surface area contributed by atoms with E-state index in [1.807, 2.05) is 16.8 Å². The lowest BCUT2D eigenvalue weighted by molar-refractivity contribution is -0.122. The standard InChI is InChI=1S/C10H13N5O2S/c1-7(16)4-11-9(17)5-15-13-10(12-14-15)8-2-3-18-6-8/h2-3,6-7,16H,4-5H2,1H3,(H,11,17). The number of nitrogens with one attached hydrogen (secondary N) is 1. The molecule has 0 aromatic carbocycles. The molecule has 0 saturated heterocycles. The Morgan fingerprint density at radius 3 is 3.17 bits per heavy atom. The Balaban J connectivity index is 1.93. The van der Waals surface area contributed by atoms with Crippen LogP contribution in [0.4, 0.5) is 0 Å². The van der Waals surface area contributed by atoms with E-state index in [0.29, 0.717) is 5.82 Å². The average molecular weight is 267 g/mol. The van der Waals surface area contributed by atoms with Crippen molar-refractivity contribution in [2.24, 2.45) is 0 Å². The van der Waals surface area contributed by atoms with Crippen molar-refractivity contribution in [3.05, 3.63) is 16.8 Å². The van der Waals surface area contributed by atoms with Crippen LogP contribution in [0.3, 0.4) is 0 Å². The molecule has 7 nitrogen and oxygen atoms in total. The molecule has 96 valence electrons. The predicted molar refractivity (Wildman–Crippen MR) is 65.8 cm³/mol. The quantitative estimate of drug-likeness (QED) is 0.789. The van der Waals surface area contributed by atoms with Gasteiger partial charge in [-0.1, -0.05) is 0 Å². The topological polar surface area (TPSA) is 92.9 Å². The number of carbonyl (C=O) groups is 1. The second kappa shape index (κ2) is 5.69. The Hall–Kier alpha value is -1.80. The summed E-state index contributed by atoms with van der Waals surface area (Å²) < 4.78 is 0. The third-order valence-corrected chi connectivity index (χ3v) is 2.80. The molecule has 0 radical (unpaired) electrons.